The van der Waals surface area contributed by atoms with E-state index in [1.54, 1.807) is 36.4 Å². The zero-order valence-corrected chi connectivity index (χ0v) is 18.4. The van der Waals surface area contributed by atoms with Crippen LogP contribution < -0.4 is 20.5 Å². The van der Waals surface area contributed by atoms with Crippen molar-refractivity contribution in [3.63, 3.8) is 0 Å². The molecule has 0 fully saturated rings. The van der Waals surface area contributed by atoms with Gasteiger partial charge in [0.25, 0.3) is 0 Å². The first-order valence-electron chi connectivity index (χ1n) is 10.3. The Morgan fingerprint density at radius 3 is 2.31 bits per heavy atom. The lowest BCUT2D eigenvalue weighted by atomic mass is 9.99. The minimum absolute atomic E-state index is 0.0337. The number of ether oxygens (including phenoxy) is 3. The van der Waals surface area contributed by atoms with Crippen LogP contribution in [0.25, 0.3) is 0 Å². The number of rotatable bonds is 12. The molecule has 1 atom stereocenters. The van der Waals surface area contributed by atoms with Crippen LogP contribution in [0.3, 0.4) is 0 Å². The molecule has 0 aliphatic heterocycles. The second-order valence-corrected chi connectivity index (χ2v) is 6.88. The molecule has 0 saturated carbocycles. The van der Waals surface area contributed by atoms with E-state index in [2.05, 4.69) is 5.32 Å². The Labute approximate surface area is 187 Å². The smallest absolute Gasteiger partial charge is 0.330 e. The molecular formula is C23H29N3O6. The Kier molecular flexibility index (Phi) is 8.88. The predicted octanol–water partition coefficient (Wildman–Crippen LogP) is 3.11. The molecule has 0 aromatic heterocycles. The number of carboxylic acid groups (broad SMARTS) is 1. The van der Waals surface area contributed by atoms with E-state index in [1.807, 2.05) is 13.8 Å². The highest BCUT2D eigenvalue weighted by atomic mass is 16.6. The summed E-state index contributed by atoms with van der Waals surface area (Å²) in [6.45, 7) is 5.65. The number of carbonyl (C=O) groups is 2. The Balaban J connectivity index is 2.41. The average molecular weight is 444 g/mol. The highest BCUT2D eigenvalue weighted by Crippen LogP contribution is 2.35. The molecule has 32 heavy (non-hydrogen) atoms. The van der Waals surface area contributed by atoms with Crippen molar-refractivity contribution in [2.75, 3.05) is 25.1 Å². The van der Waals surface area contributed by atoms with Crippen molar-refractivity contribution in [2.24, 2.45) is 5.73 Å². The second-order valence-electron chi connectivity index (χ2n) is 6.88. The molecule has 5 N–H and O–H groups in total. The molecule has 0 amide bonds. The lowest BCUT2D eigenvalue weighted by Crippen LogP contribution is -2.22. The fourth-order valence-electron chi connectivity index (χ4n) is 3.06. The molecule has 2 rings (SSSR count). The van der Waals surface area contributed by atoms with Gasteiger partial charge >= 0.3 is 11.9 Å². The fraction of sp³-hybridized carbons (Fsp3) is 0.348. The number of amidine groups is 1. The summed E-state index contributed by atoms with van der Waals surface area (Å²) in [5, 5.41) is 20.4. The van der Waals surface area contributed by atoms with E-state index in [0.29, 0.717) is 41.3 Å². The van der Waals surface area contributed by atoms with Crippen molar-refractivity contribution in [1.29, 1.82) is 5.41 Å². The van der Waals surface area contributed by atoms with Gasteiger partial charge in [0.2, 0.25) is 0 Å². The highest BCUT2D eigenvalue weighted by Gasteiger charge is 2.26. The quantitative estimate of drug-likeness (QED) is 0.169. The number of aliphatic carboxylic acids is 1. The summed E-state index contributed by atoms with van der Waals surface area (Å²) in [6.07, 6.45) is 0.635. The maximum Gasteiger partial charge on any atom is 0.330 e. The number of carboxylic acids is 1. The Hall–Kier alpha value is -3.75. The van der Waals surface area contributed by atoms with Crippen LogP contribution >= 0.6 is 0 Å². The van der Waals surface area contributed by atoms with E-state index >= 15 is 0 Å². The number of aryl methyl sites for hydroxylation is 1. The Morgan fingerprint density at radius 1 is 1.09 bits per heavy atom. The van der Waals surface area contributed by atoms with Crippen molar-refractivity contribution < 1.29 is 28.9 Å². The number of nitrogens with two attached hydrogens (primary N) is 1. The SMILES string of the molecule is CCOc1cc(OCCOC(C)=O)c(C(Nc2ccc(C(=N)N)cc2)C(=O)O)cc1CC. The van der Waals surface area contributed by atoms with Gasteiger partial charge < -0.3 is 30.4 Å². The van der Waals surface area contributed by atoms with Crippen LogP contribution in [0.15, 0.2) is 36.4 Å². The predicted molar refractivity (Wildman–Crippen MR) is 121 cm³/mol. The number of hydrogen-bond donors (Lipinski definition) is 4. The standard InChI is InChI=1S/C23H29N3O6/c1-4-15-12-18(20(13-19(15)30-5-2)32-11-10-31-14(3)27)21(23(28)29)26-17-8-6-16(7-9-17)22(24)25/h6-9,12-13,21,26H,4-5,10-11H2,1-3H3,(H3,24,25)(H,28,29). The van der Waals surface area contributed by atoms with E-state index < -0.39 is 18.0 Å². The average Bonchev–Trinajstić information content (AvgIpc) is 2.75. The summed E-state index contributed by atoms with van der Waals surface area (Å²) in [6, 6.07) is 8.88. The molecule has 0 saturated heterocycles. The fourth-order valence-corrected chi connectivity index (χ4v) is 3.06. The monoisotopic (exact) mass is 443 g/mol. The first-order chi connectivity index (χ1) is 15.3. The molecule has 0 aliphatic carbocycles. The maximum atomic E-state index is 12.2. The molecule has 172 valence electrons. The van der Waals surface area contributed by atoms with Gasteiger partial charge in [0.15, 0.2) is 6.04 Å². The number of nitrogen functional groups attached to an aromatic ring is 1. The molecule has 0 aliphatic rings. The normalized spacial score (nSPS) is 11.3. The summed E-state index contributed by atoms with van der Waals surface area (Å²) in [7, 11) is 0. The van der Waals surface area contributed by atoms with Gasteiger partial charge in [0, 0.05) is 29.8 Å². The highest BCUT2D eigenvalue weighted by molar-refractivity contribution is 5.95. The van der Waals surface area contributed by atoms with Crippen LogP contribution in [-0.4, -0.2) is 42.7 Å². The molecule has 9 heteroatoms. The molecule has 2 aromatic carbocycles. The van der Waals surface area contributed by atoms with Crippen LogP contribution in [0.1, 0.15) is 43.5 Å². The Morgan fingerprint density at radius 2 is 1.78 bits per heavy atom. The Bertz CT molecular complexity index is 959. The molecule has 0 spiro atoms. The van der Waals surface area contributed by atoms with Crippen LogP contribution in [0.2, 0.25) is 0 Å². The summed E-state index contributed by atoms with van der Waals surface area (Å²) in [5.41, 5.74) is 7.81. The topological polar surface area (TPSA) is 144 Å². The summed E-state index contributed by atoms with van der Waals surface area (Å²) < 4.78 is 16.4. The number of hydrogen-bond acceptors (Lipinski definition) is 7. The zero-order valence-electron chi connectivity index (χ0n) is 18.4. The van der Waals surface area contributed by atoms with Crippen molar-refractivity contribution in [3.05, 3.63) is 53.1 Å². The summed E-state index contributed by atoms with van der Waals surface area (Å²) >= 11 is 0. The lowest BCUT2D eigenvalue weighted by molar-refractivity contribution is -0.141. The van der Waals surface area contributed by atoms with Crippen LogP contribution in [0, 0.1) is 5.41 Å². The number of benzene rings is 2. The van der Waals surface area contributed by atoms with E-state index in [-0.39, 0.29) is 19.0 Å². The molecule has 1 unspecified atom stereocenters. The molecular weight excluding hydrogens is 414 g/mol. The largest absolute Gasteiger partial charge is 0.493 e. The minimum Gasteiger partial charge on any atom is -0.493 e. The van der Waals surface area contributed by atoms with Crippen LogP contribution in [-0.2, 0) is 20.7 Å². The van der Waals surface area contributed by atoms with Gasteiger partial charge in [-0.15, -0.1) is 0 Å². The molecule has 9 nitrogen and oxygen atoms in total. The number of esters is 1. The number of nitrogens with one attached hydrogen (secondary N) is 2. The summed E-state index contributed by atoms with van der Waals surface area (Å²) in [4.78, 5) is 23.2. The third kappa shape index (κ3) is 6.63. The first kappa shape index (κ1) is 24.5. The number of anilines is 1. The lowest BCUT2D eigenvalue weighted by Gasteiger charge is -2.22. The van der Waals surface area contributed by atoms with Gasteiger partial charge in [0.05, 0.1) is 6.61 Å². The molecule has 2 aromatic rings. The van der Waals surface area contributed by atoms with Crippen LogP contribution in [0.5, 0.6) is 11.5 Å². The third-order valence-corrected chi connectivity index (χ3v) is 4.58. The zero-order chi connectivity index (χ0) is 23.7. The van der Waals surface area contributed by atoms with E-state index in [1.165, 1.54) is 6.92 Å². The summed E-state index contributed by atoms with van der Waals surface area (Å²) in [5.74, 6) is -0.677. The van der Waals surface area contributed by atoms with E-state index in [4.69, 9.17) is 25.4 Å². The van der Waals surface area contributed by atoms with Gasteiger partial charge in [-0.05, 0) is 49.2 Å². The molecule has 0 bridgehead atoms. The van der Waals surface area contributed by atoms with Gasteiger partial charge in [0.1, 0.15) is 30.5 Å². The third-order valence-electron chi connectivity index (χ3n) is 4.58. The van der Waals surface area contributed by atoms with Crippen molar-refractivity contribution in [1.82, 2.24) is 0 Å². The van der Waals surface area contributed by atoms with E-state index in [9.17, 15) is 14.7 Å². The van der Waals surface area contributed by atoms with E-state index in [0.717, 1.165) is 5.56 Å². The minimum atomic E-state index is -1.12. The van der Waals surface area contributed by atoms with Crippen molar-refractivity contribution in [3.8, 4) is 11.5 Å². The van der Waals surface area contributed by atoms with Crippen molar-refractivity contribution >= 4 is 23.5 Å². The first-order valence-corrected chi connectivity index (χ1v) is 10.3. The van der Waals surface area contributed by atoms with Gasteiger partial charge in [-0.25, -0.2) is 4.79 Å². The van der Waals surface area contributed by atoms with Gasteiger partial charge in [-0.1, -0.05) is 6.92 Å². The molecule has 0 heterocycles. The van der Waals surface area contributed by atoms with Gasteiger partial charge in [-0.2, -0.15) is 0 Å². The molecule has 0 radical (unpaired) electrons. The number of carbonyl (C=O) groups excluding carboxylic acids is 1. The maximum absolute atomic E-state index is 12.2. The van der Waals surface area contributed by atoms with Crippen molar-refractivity contribution in [2.45, 2.75) is 33.2 Å². The van der Waals surface area contributed by atoms with Crippen LogP contribution in [0.4, 0.5) is 5.69 Å². The second kappa shape index (κ2) is 11.6. The van der Waals surface area contributed by atoms with Gasteiger partial charge in [-0.3, -0.25) is 10.2 Å².